The molecule has 2 nitrogen and oxygen atoms in total. The van der Waals surface area contributed by atoms with Gasteiger partial charge in [0.1, 0.15) is 5.75 Å². The number of rotatable bonds is 2. The average molecular weight is 219 g/mol. The van der Waals surface area contributed by atoms with Crippen molar-refractivity contribution >= 4 is 0 Å². The molecule has 1 unspecified atom stereocenters. The van der Waals surface area contributed by atoms with Gasteiger partial charge in [0.25, 0.3) is 0 Å². The maximum Gasteiger partial charge on any atom is 0.120 e. The van der Waals surface area contributed by atoms with Crippen molar-refractivity contribution in [1.82, 2.24) is 4.90 Å². The van der Waals surface area contributed by atoms with E-state index < -0.39 is 0 Å². The molecule has 0 spiro atoms. The van der Waals surface area contributed by atoms with E-state index in [0.717, 1.165) is 18.7 Å². The van der Waals surface area contributed by atoms with Crippen LogP contribution in [-0.4, -0.2) is 23.1 Å². The quantitative estimate of drug-likeness (QED) is 0.824. The van der Waals surface area contributed by atoms with Crippen LogP contribution in [0.4, 0.5) is 0 Å². The largest absolute Gasteiger partial charge is 0.508 e. The van der Waals surface area contributed by atoms with Gasteiger partial charge in [0.05, 0.1) is 0 Å². The van der Waals surface area contributed by atoms with Crippen LogP contribution in [0.1, 0.15) is 44.2 Å². The van der Waals surface area contributed by atoms with Crippen LogP contribution in [0.25, 0.3) is 0 Å². The van der Waals surface area contributed by atoms with Crippen molar-refractivity contribution in [1.29, 1.82) is 0 Å². The fourth-order valence-corrected chi connectivity index (χ4v) is 2.52. The first-order chi connectivity index (χ1) is 7.79. The number of benzene rings is 1. The minimum atomic E-state index is 0.333. The van der Waals surface area contributed by atoms with Gasteiger partial charge < -0.3 is 5.11 Å². The molecule has 1 aromatic rings. The summed E-state index contributed by atoms with van der Waals surface area (Å²) in [5.41, 5.74) is 1.06. The van der Waals surface area contributed by atoms with Crippen LogP contribution in [0.5, 0.6) is 5.75 Å². The van der Waals surface area contributed by atoms with Crippen molar-refractivity contribution < 1.29 is 5.11 Å². The number of phenolic OH excluding ortho intramolecular Hbond substituents is 1. The molecular formula is C14H21NO. The van der Waals surface area contributed by atoms with Crippen molar-refractivity contribution in [3.05, 3.63) is 29.8 Å². The van der Waals surface area contributed by atoms with Gasteiger partial charge in [-0.3, -0.25) is 4.90 Å². The second-order valence-corrected chi connectivity index (χ2v) is 4.68. The Kier molecular flexibility index (Phi) is 3.83. The van der Waals surface area contributed by atoms with Crippen LogP contribution in [0.3, 0.4) is 0 Å². The molecular weight excluding hydrogens is 198 g/mol. The predicted octanol–water partition coefficient (Wildman–Crippen LogP) is 3.33. The van der Waals surface area contributed by atoms with E-state index in [-0.39, 0.29) is 0 Å². The molecule has 1 aliphatic heterocycles. The molecule has 16 heavy (non-hydrogen) atoms. The predicted molar refractivity (Wildman–Crippen MR) is 66.6 cm³/mol. The van der Waals surface area contributed by atoms with E-state index >= 15 is 0 Å². The molecule has 0 saturated carbocycles. The summed E-state index contributed by atoms with van der Waals surface area (Å²) in [6.07, 6.45) is 5.28. The zero-order valence-corrected chi connectivity index (χ0v) is 10.0. The Morgan fingerprint density at radius 1 is 1.06 bits per heavy atom. The molecule has 2 heteroatoms. The monoisotopic (exact) mass is 219 g/mol. The second kappa shape index (κ2) is 5.35. The maximum atomic E-state index is 9.86. The SMILES string of the molecule is CC(c1ccccc1O)N1CCCCCC1. The van der Waals surface area contributed by atoms with E-state index in [1.165, 1.54) is 25.7 Å². The van der Waals surface area contributed by atoms with E-state index in [2.05, 4.69) is 11.8 Å². The first kappa shape index (κ1) is 11.5. The van der Waals surface area contributed by atoms with Crippen LogP contribution >= 0.6 is 0 Å². The molecule has 0 bridgehead atoms. The van der Waals surface area contributed by atoms with Crippen molar-refractivity contribution in [3.8, 4) is 5.75 Å². The van der Waals surface area contributed by atoms with E-state index in [4.69, 9.17) is 0 Å². The lowest BCUT2D eigenvalue weighted by molar-refractivity contribution is 0.215. The fraction of sp³-hybridized carbons (Fsp3) is 0.571. The van der Waals surface area contributed by atoms with Gasteiger partial charge >= 0.3 is 0 Å². The molecule has 1 heterocycles. The third kappa shape index (κ3) is 2.56. The number of aromatic hydroxyl groups is 1. The number of likely N-dealkylation sites (tertiary alicyclic amines) is 1. The normalized spacial score (nSPS) is 20.3. The highest BCUT2D eigenvalue weighted by molar-refractivity contribution is 5.34. The van der Waals surface area contributed by atoms with Gasteiger partial charge in [0.15, 0.2) is 0 Å². The van der Waals surface area contributed by atoms with Crippen LogP contribution in [-0.2, 0) is 0 Å². The highest BCUT2D eigenvalue weighted by Crippen LogP contribution is 2.29. The summed E-state index contributed by atoms with van der Waals surface area (Å²) in [4.78, 5) is 2.49. The minimum Gasteiger partial charge on any atom is -0.508 e. The molecule has 1 aromatic carbocycles. The first-order valence-corrected chi connectivity index (χ1v) is 6.31. The number of nitrogens with zero attached hydrogens (tertiary/aromatic N) is 1. The Morgan fingerprint density at radius 3 is 2.31 bits per heavy atom. The molecule has 2 rings (SSSR count). The van der Waals surface area contributed by atoms with Crippen molar-refractivity contribution in [2.75, 3.05) is 13.1 Å². The van der Waals surface area contributed by atoms with Gasteiger partial charge in [-0.2, -0.15) is 0 Å². The summed E-state index contributed by atoms with van der Waals surface area (Å²) < 4.78 is 0. The van der Waals surface area contributed by atoms with E-state index in [1.54, 1.807) is 6.07 Å². The minimum absolute atomic E-state index is 0.333. The van der Waals surface area contributed by atoms with E-state index in [0.29, 0.717) is 11.8 Å². The Labute approximate surface area is 97.9 Å². The van der Waals surface area contributed by atoms with Crippen LogP contribution in [0.2, 0.25) is 0 Å². The van der Waals surface area contributed by atoms with Crippen molar-refractivity contribution in [2.45, 2.75) is 38.6 Å². The fourth-order valence-electron chi connectivity index (χ4n) is 2.52. The molecule has 1 atom stereocenters. The molecule has 1 N–H and O–H groups in total. The number of phenols is 1. The smallest absolute Gasteiger partial charge is 0.120 e. The summed E-state index contributed by atoms with van der Waals surface area (Å²) in [7, 11) is 0. The third-order valence-electron chi connectivity index (χ3n) is 3.58. The summed E-state index contributed by atoms with van der Waals surface area (Å²) in [6.45, 7) is 4.52. The molecule has 1 aliphatic rings. The first-order valence-electron chi connectivity index (χ1n) is 6.31. The van der Waals surface area contributed by atoms with Gasteiger partial charge in [-0.05, 0) is 38.9 Å². The summed E-state index contributed by atoms with van der Waals surface area (Å²) in [5.74, 6) is 0.430. The Balaban J connectivity index is 2.11. The van der Waals surface area contributed by atoms with Crippen LogP contribution < -0.4 is 0 Å². The van der Waals surface area contributed by atoms with Crippen molar-refractivity contribution in [3.63, 3.8) is 0 Å². The highest BCUT2D eigenvalue weighted by Gasteiger charge is 2.18. The Morgan fingerprint density at radius 2 is 1.69 bits per heavy atom. The van der Waals surface area contributed by atoms with E-state index in [1.807, 2.05) is 18.2 Å². The molecule has 0 amide bonds. The highest BCUT2D eigenvalue weighted by atomic mass is 16.3. The van der Waals surface area contributed by atoms with E-state index in [9.17, 15) is 5.11 Å². The summed E-state index contributed by atoms with van der Waals surface area (Å²) >= 11 is 0. The van der Waals surface area contributed by atoms with Gasteiger partial charge in [0, 0.05) is 11.6 Å². The van der Waals surface area contributed by atoms with Gasteiger partial charge in [-0.1, -0.05) is 31.0 Å². The summed E-state index contributed by atoms with van der Waals surface area (Å²) in [6, 6.07) is 8.03. The average Bonchev–Trinajstić information content (AvgIpc) is 2.57. The van der Waals surface area contributed by atoms with Gasteiger partial charge in [-0.15, -0.1) is 0 Å². The topological polar surface area (TPSA) is 23.5 Å². The molecule has 1 fully saturated rings. The standard InChI is InChI=1S/C14H21NO/c1-12(13-8-4-5-9-14(13)16)15-10-6-2-3-7-11-15/h4-5,8-9,12,16H,2-3,6-7,10-11H2,1H3. The van der Waals surface area contributed by atoms with Crippen molar-refractivity contribution in [2.24, 2.45) is 0 Å². The lowest BCUT2D eigenvalue weighted by atomic mass is 10.1. The van der Waals surface area contributed by atoms with Crippen LogP contribution in [0.15, 0.2) is 24.3 Å². The van der Waals surface area contributed by atoms with Gasteiger partial charge in [0.2, 0.25) is 0 Å². The lowest BCUT2D eigenvalue weighted by Crippen LogP contribution is -2.27. The number of para-hydroxylation sites is 1. The van der Waals surface area contributed by atoms with Crippen LogP contribution in [0, 0.1) is 0 Å². The zero-order valence-electron chi connectivity index (χ0n) is 10.0. The molecule has 0 aliphatic carbocycles. The molecule has 1 saturated heterocycles. The number of hydrogen-bond donors (Lipinski definition) is 1. The maximum absolute atomic E-state index is 9.86. The third-order valence-corrected chi connectivity index (χ3v) is 3.58. The molecule has 0 radical (unpaired) electrons. The molecule has 88 valence electrons. The zero-order chi connectivity index (χ0) is 11.4. The van der Waals surface area contributed by atoms with Gasteiger partial charge in [-0.25, -0.2) is 0 Å². The summed E-state index contributed by atoms with van der Waals surface area (Å²) in [5, 5.41) is 9.86. The Bertz CT molecular complexity index is 329. The molecule has 0 aromatic heterocycles. The number of hydrogen-bond acceptors (Lipinski definition) is 2. The Hall–Kier alpha value is -1.02. The second-order valence-electron chi connectivity index (χ2n) is 4.68. The lowest BCUT2D eigenvalue weighted by Gasteiger charge is -2.28.